The summed E-state index contributed by atoms with van der Waals surface area (Å²) in [6, 6.07) is 15.1. The number of amides is 1. The molecule has 24 heavy (non-hydrogen) atoms. The summed E-state index contributed by atoms with van der Waals surface area (Å²) in [6.45, 7) is 0.173. The Labute approximate surface area is 139 Å². The summed E-state index contributed by atoms with van der Waals surface area (Å²) < 4.78 is 9.76. The first-order valence-electron chi connectivity index (χ1n) is 7.12. The number of hydrogen-bond acceptors (Lipinski definition) is 6. The quantitative estimate of drug-likeness (QED) is 0.697. The molecule has 0 aliphatic heterocycles. The van der Waals surface area contributed by atoms with Gasteiger partial charge in [-0.25, -0.2) is 4.79 Å². The first kappa shape index (κ1) is 17.3. The summed E-state index contributed by atoms with van der Waals surface area (Å²) in [6.07, 6.45) is -0.110. The second-order valence-electron chi connectivity index (χ2n) is 4.79. The number of hydrogen-bond donors (Lipinski definition) is 3. The molecule has 0 fully saturated rings. The Morgan fingerprint density at radius 1 is 1.21 bits per heavy atom. The molecule has 1 amide bonds. The predicted octanol–water partition coefficient (Wildman–Crippen LogP) is 1.70. The summed E-state index contributed by atoms with van der Waals surface area (Å²) in [7, 11) is -1.86. The molecule has 0 aliphatic rings. The minimum atomic E-state index is -1.86. The van der Waals surface area contributed by atoms with Gasteiger partial charge in [-0.05, 0) is 35.9 Å². The fourth-order valence-corrected chi connectivity index (χ4v) is 1.94. The van der Waals surface area contributed by atoms with E-state index in [-0.39, 0.29) is 6.61 Å². The van der Waals surface area contributed by atoms with Crippen LogP contribution in [0.5, 0.6) is 5.75 Å². The van der Waals surface area contributed by atoms with Crippen molar-refractivity contribution in [1.29, 1.82) is 5.26 Å². The molecular weight excluding hydrogens is 311 g/mol. The van der Waals surface area contributed by atoms with Crippen LogP contribution in [0.25, 0.3) is 0 Å². The van der Waals surface area contributed by atoms with Gasteiger partial charge in [0, 0.05) is 12.1 Å². The fraction of sp³-hybridized carbons (Fsp3) is 0.125. The van der Waals surface area contributed by atoms with Crippen molar-refractivity contribution in [3.8, 4) is 11.8 Å². The van der Waals surface area contributed by atoms with E-state index in [9.17, 15) is 4.79 Å². The van der Waals surface area contributed by atoms with E-state index >= 15 is 0 Å². The maximum Gasteiger partial charge on any atom is 0.707 e. The maximum absolute atomic E-state index is 11.7. The van der Waals surface area contributed by atoms with Crippen LogP contribution < -0.4 is 9.97 Å². The molecule has 0 radical (unpaired) electrons. The third-order valence-electron chi connectivity index (χ3n) is 3.03. The number of ether oxygens (including phenoxy) is 1. The lowest BCUT2D eigenvalue weighted by Crippen LogP contribution is -2.20. The summed E-state index contributed by atoms with van der Waals surface area (Å²) in [4.78, 5) is 11.7. The molecule has 122 valence electrons. The lowest BCUT2D eigenvalue weighted by atomic mass is 10.1. The first-order chi connectivity index (χ1) is 11.6. The van der Waals surface area contributed by atoms with E-state index in [1.54, 1.807) is 48.5 Å². The zero-order valence-electron chi connectivity index (χ0n) is 12.7. The van der Waals surface area contributed by atoms with Crippen LogP contribution in [0.15, 0.2) is 48.5 Å². The van der Waals surface area contributed by atoms with Gasteiger partial charge in [-0.1, -0.05) is 18.2 Å². The molecular formula is C16H15BN2O5. The SMILES string of the molecule is N#Cc1cccc(NC(=O)OCCc2ccc(OB(O)O)cc2)c1. The van der Waals surface area contributed by atoms with Crippen LogP contribution in [-0.2, 0) is 11.2 Å². The molecule has 0 aromatic heterocycles. The Morgan fingerprint density at radius 2 is 1.96 bits per heavy atom. The van der Waals surface area contributed by atoms with Gasteiger partial charge in [0.15, 0.2) is 0 Å². The van der Waals surface area contributed by atoms with E-state index in [0.717, 1.165) is 5.56 Å². The van der Waals surface area contributed by atoms with Gasteiger partial charge in [0.05, 0.1) is 18.2 Å². The minimum absolute atomic E-state index is 0.173. The van der Waals surface area contributed by atoms with Crippen LogP contribution in [0.4, 0.5) is 10.5 Å². The van der Waals surface area contributed by atoms with E-state index in [4.69, 9.17) is 20.0 Å². The summed E-state index contributed by atoms with van der Waals surface area (Å²) in [5.74, 6) is 0.324. The number of benzene rings is 2. The Balaban J connectivity index is 1.77. The molecule has 2 rings (SSSR count). The van der Waals surface area contributed by atoms with E-state index < -0.39 is 13.4 Å². The highest BCUT2D eigenvalue weighted by Crippen LogP contribution is 2.13. The van der Waals surface area contributed by atoms with Crippen molar-refractivity contribution in [3.05, 3.63) is 59.7 Å². The summed E-state index contributed by atoms with van der Waals surface area (Å²) in [5, 5.41) is 28.7. The predicted molar refractivity (Wildman–Crippen MR) is 87.1 cm³/mol. The van der Waals surface area contributed by atoms with E-state index in [1.807, 2.05) is 6.07 Å². The number of nitrogens with zero attached hydrogens (tertiary/aromatic N) is 1. The molecule has 0 saturated heterocycles. The van der Waals surface area contributed by atoms with Crippen molar-refractivity contribution in [2.75, 3.05) is 11.9 Å². The van der Waals surface area contributed by atoms with Gasteiger partial charge in [-0.3, -0.25) is 5.32 Å². The Kier molecular flexibility index (Phi) is 6.19. The van der Waals surface area contributed by atoms with Gasteiger partial charge in [0.1, 0.15) is 5.75 Å². The molecule has 0 heterocycles. The highest BCUT2D eigenvalue weighted by molar-refractivity contribution is 6.33. The number of nitrogens with one attached hydrogen (secondary N) is 1. The highest BCUT2D eigenvalue weighted by atomic mass is 16.6. The first-order valence-corrected chi connectivity index (χ1v) is 7.12. The average molecular weight is 326 g/mol. The van der Waals surface area contributed by atoms with Crippen molar-refractivity contribution < 1.29 is 24.2 Å². The van der Waals surface area contributed by atoms with E-state index in [2.05, 4.69) is 9.97 Å². The van der Waals surface area contributed by atoms with Gasteiger partial charge < -0.3 is 19.4 Å². The van der Waals surface area contributed by atoms with Crippen molar-refractivity contribution in [2.24, 2.45) is 0 Å². The third-order valence-corrected chi connectivity index (χ3v) is 3.03. The topological polar surface area (TPSA) is 112 Å². The molecule has 0 bridgehead atoms. The van der Waals surface area contributed by atoms with Crippen LogP contribution in [0, 0.1) is 11.3 Å². The number of rotatable bonds is 6. The van der Waals surface area contributed by atoms with Gasteiger partial charge >= 0.3 is 13.4 Å². The van der Waals surface area contributed by atoms with Crippen molar-refractivity contribution in [3.63, 3.8) is 0 Å². The number of carbonyl (C=O) groups excluding carboxylic acids is 1. The molecule has 0 spiro atoms. The molecule has 2 aromatic rings. The average Bonchev–Trinajstić information content (AvgIpc) is 2.56. The molecule has 0 unspecified atom stereocenters. The van der Waals surface area contributed by atoms with Crippen LogP contribution >= 0.6 is 0 Å². The van der Waals surface area contributed by atoms with Crippen molar-refractivity contribution in [2.45, 2.75) is 6.42 Å². The molecule has 0 aliphatic carbocycles. The van der Waals surface area contributed by atoms with Gasteiger partial charge in [0.2, 0.25) is 0 Å². The number of carbonyl (C=O) groups is 1. The van der Waals surface area contributed by atoms with Crippen molar-refractivity contribution >= 4 is 19.1 Å². The van der Waals surface area contributed by atoms with Crippen LogP contribution in [-0.4, -0.2) is 30.1 Å². The van der Waals surface area contributed by atoms with Gasteiger partial charge in [0.25, 0.3) is 0 Å². The third kappa shape index (κ3) is 5.64. The minimum Gasteiger partial charge on any atom is -0.512 e. The fourth-order valence-electron chi connectivity index (χ4n) is 1.94. The van der Waals surface area contributed by atoms with Gasteiger partial charge in [-0.2, -0.15) is 5.26 Å². The highest BCUT2D eigenvalue weighted by Gasteiger charge is 2.10. The largest absolute Gasteiger partial charge is 0.707 e. The van der Waals surface area contributed by atoms with Crippen LogP contribution in [0.1, 0.15) is 11.1 Å². The summed E-state index contributed by atoms with van der Waals surface area (Å²) >= 11 is 0. The Hall–Kier alpha value is -3.02. The molecule has 2 aromatic carbocycles. The number of nitriles is 1. The molecule has 0 atom stereocenters. The number of anilines is 1. The smallest absolute Gasteiger partial charge is 0.512 e. The lowest BCUT2D eigenvalue weighted by molar-refractivity contribution is 0.163. The normalized spacial score (nSPS) is 9.71. The molecule has 0 saturated carbocycles. The lowest BCUT2D eigenvalue weighted by Gasteiger charge is -2.08. The Bertz CT molecular complexity index is 728. The second-order valence-corrected chi connectivity index (χ2v) is 4.79. The molecule has 7 nitrogen and oxygen atoms in total. The molecule has 3 N–H and O–H groups in total. The van der Waals surface area contributed by atoms with Crippen LogP contribution in [0.3, 0.4) is 0 Å². The van der Waals surface area contributed by atoms with E-state index in [1.165, 1.54) is 0 Å². The van der Waals surface area contributed by atoms with E-state index in [0.29, 0.717) is 23.4 Å². The second kappa shape index (κ2) is 8.57. The zero-order chi connectivity index (χ0) is 17.4. The summed E-state index contributed by atoms with van der Waals surface area (Å²) in [5.41, 5.74) is 1.83. The maximum atomic E-state index is 11.7. The van der Waals surface area contributed by atoms with Crippen LogP contribution in [0.2, 0.25) is 0 Å². The monoisotopic (exact) mass is 326 g/mol. The standard InChI is InChI=1S/C16H15BN2O5/c18-11-13-2-1-3-14(10-13)19-16(20)23-9-8-12-4-6-15(7-5-12)24-17(21)22/h1-7,10,21-22H,8-9H2,(H,19,20). The zero-order valence-corrected chi connectivity index (χ0v) is 12.7. The van der Waals surface area contributed by atoms with Gasteiger partial charge in [-0.15, -0.1) is 0 Å². The molecule has 8 heteroatoms. The van der Waals surface area contributed by atoms with Crippen molar-refractivity contribution in [1.82, 2.24) is 0 Å². The Morgan fingerprint density at radius 3 is 2.62 bits per heavy atom.